The zero-order valence-electron chi connectivity index (χ0n) is 21.8. The number of nitrogens with zero attached hydrogens (tertiary/aromatic N) is 1. The normalized spacial score (nSPS) is 11.4. The number of carbonyl (C=O) groups excluding carboxylic acids is 4. The van der Waals surface area contributed by atoms with E-state index in [1.54, 1.807) is 24.3 Å². The van der Waals surface area contributed by atoms with Gasteiger partial charge in [-0.05, 0) is 43.7 Å². The second kappa shape index (κ2) is 16.0. The van der Waals surface area contributed by atoms with E-state index in [1.807, 2.05) is 13.8 Å². The smallest absolute Gasteiger partial charge is 0.288 e. The first-order valence-electron chi connectivity index (χ1n) is 12.7. The van der Waals surface area contributed by atoms with Crippen LogP contribution in [-0.4, -0.2) is 67.3 Å². The molecule has 12 nitrogen and oxygen atoms in total. The van der Waals surface area contributed by atoms with Gasteiger partial charge in [0.2, 0.25) is 12.3 Å². The molecule has 0 saturated heterocycles. The minimum Gasteiger partial charge on any atom is -0.494 e. The van der Waals surface area contributed by atoms with Gasteiger partial charge in [-0.25, -0.2) is 5.06 Å². The van der Waals surface area contributed by atoms with Gasteiger partial charge in [0.15, 0.2) is 5.76 Å². The number of carbonyl (C=O) groups is 4. The number of furan rings is 1. The minimum atomic E-state index is -0.613. The average Bonchev–Trinajstić information content (AvgIpc) is 3.41. The van der Waals surface area contributed by atoms with E-state index in [4.69, 9.17) is 14.9 Å². The summed E-state index contributed by atoms with van der Waals surface area (Å²) in [4.78, 5) is 48.3. The maximum absolute atomic E-state index is 12.6. The quantitative estimate of drug-likeness (QED) is 0.0675. The summed E-state index contributed by atoms with van der Waals surface area (Å²) < 4.78 is 11.3. The fourth-order valence-corrected chi connectivity index (χ4v) is 3.68. The van der Waals surface area contributed by atoms with Crippen molar-refractivity contribution in [3.8, 4) is 17.1 Å². The van der Waals surface area contributed by atoms with Gasteiger partial charge < -0.3 is 30.8 Å². The van der Waals surface area contributed by atoms with Crippen LogP contribution in [0.25, 0.3) is 11.3 Å². The second-order valence-electron chi connectivity index (χ2n) is 8.53. The minimum absolute atomic E-state index is 0.00665. The van der Waals surface area contributed by atoms with Crippen LogP contribution in [-0.2, 0) is 9.59 Å². The third-order valence-electron chi connectivity index (χ3n) is 5.59. The van der Waals surface area contributed by atoms with Gasteiger partial charge in [-0.15, -0.1) is 0 Å². The molecule has 0 aliphatic heterocycles. The van der Waals surface area contributed by atoms with Crippen molar-refractivity contribution in [2.45, 2.75) is 39.5 Å². The SMILES string of the molecule is CCCCCC(CN(O)C=O)C(=O)NCNC(=O)c1ccc(-c2cc(OCC)cc(C(=O)NCCN)c2)o1. The lowest BCUT2D eigenvalue weighted by molar-refractivity contribution is -0.154. The molecular weight excluding hydrogens is 494 g/mol. The Morgan fingerprint density at radius 3 is 2.58 bits per heavy atom. The lowest BCUT2D eigenvalue weighted by Crippen LogP contribution is -2.42. The Labute approximate surface area is 221 Å². The summed E-state index contributed by atoms with van der Waals surface area (Å²) in [6.07, 6.45) is 3.39. The fourth-order valence-electron chi connectivity index (χ4n) is 3.68. The molecule has 38 heavy (non-hydrogen) atoms. The third kappa shape index (κ3) is 9.52. The van der Waals surface area contributed by atoms with E-state index < -0.39 is 17.7 Å². The summed E-state index contributed by atoms with van der Waals surface area (Å²) >= 11 is 0. The lowest BCUT2D eigenvalue weighted by atomic mass is 10.0. The van der Waals surface area contributed by atoms with Crippen LogP contribution in [0, 0.1) is 5.92 Å². The molecule has 0 bridgehead atoms. The molecule has 0 aliphatic carbocycles. The summed E-state index contributed by atoms with van der Waals surface area (Å²) in [6, 6.07) is 8.01. The van der Waals surface area contributed by atoms with E-state index in [0.717, 1.165) is 19.3 Å². The van der Waals surface area contributed by atoms with E-state index in [-0.39, 0.29) is 31.3 Å². The first kappa shape index (κ1) is 30.3. The number of nitrogens with two attached hydrogens (primary N) is 1. The van der Waals surface area contributed by atoms with Gasteiger partial charge in [0, 0.05) is 24.2 Å². The summed E-state index contributed by atoms with van der Waals surface area (Å²) in [5, 5.41) is 17.8. The largest absolute Gasteiger partial charge is 0.494 e. The van der Waals surface area contributed by atoms with Crippen LogP contribution in [0.15, 0.2) is 34.7 Å². The Morgan fingerprint density at radius 1 is 1.11 bits per heavy atom. The number of nitrogens with one attached hydrogen (secondary N) is 3. The third-order valence-corrected chi connectivity index (χ3v) is 5.59. The van der Waals surface area contributed by atoms with E-state index in [2.05, 4.69) is 16.0 Å². The van der Waals surface area contributed by atoms with E-state index >= 15 is 0 Å². The predicted molar refractivity (Wildman–Crippen MR) is 139 cm³/mol. The van der Waals surface area contributed by atoms with E-state index in [9.17, 15) is 24.4 Å². The molecule has 1 aromatic heterocycles. The zero-order valence-corrected chi connectivity index (χ0v) is 21.8. The number of hydrogen-bond acceptors (Lipinski definition) is 8. The Morgan fingerprint density at radius 2 is 1.89 bits per heavy atom. The molecule has 0 aliphatic rings. The van der Waals surface area contributed by atoms with Gasteiger partial charge >= 0.3 is 0 Å². The fraction of sp³-hybridized carbons (Fsp3) is 0.462. The number of hydroxylamine groups is 2. The number of unbranched alkanes of at least 4 members (excludes halogenated alkanes) is 2. The molecule has 0 radical (unpaired) electrons. The van der Waals surface area contributed by atoms with Crippen LogP contribution in [0.2, 0.25) is 0 Å². The van der Waals surface area contributed by atoms with Crippen molar-refractivity contribution in [1.82, 2.24) is 21.0 Å². The highest BCUT2D eigenvalue weighted by Crippen LogP contribution is 2.28. The Hall–Kier alpha value is -3.90. The topological polar surface area (TPSA) is 176 Å². The Bertz CT molecular complexity index is 1070. The highest BCUT2D eigenvalue weighted by molar-refractivity contribution is 5.96. The van der Waals surface area contributed by atoms with Crippen LogP contribution >= 0.6 is 0 Å². The summed E-state index contributed by atoms with van der Waals surface area (Å²) in [6.45, 7) is 4.57. The standard InChI is InChI=1S/C26H37N5O7/c1-3-5-6-7-18(15-31(36)17-32)24(33)29-16-30-26(35)23-9-8-22(38-23)19-12-20(25(34)28-11-10-27)14-21(13-19)37-4-2/h8-9,12-14,17-18,36H,3-7,10-11,15-16,27H2,1-2H3,(H,28,34)(H,29,33)(H,30,35). The monoisotopic (exact) mass is 531 g/mol. The number of amides is 4. The molecule has 2 rings (SSSR count). The van der Waals surface area contributed by atoms with Crippen LogP contribution in [0.3, 0.4) is 0 Å². The molecule has 0 saturated carbocycles. The zero-order chi connectivity index (χ0) is 27.9. The molecule has 208 valence electrons. The molecular formula is C26H37N5O7. The highest BCUT2D eigenvalue weighted by Gasteiger charge is 2.21. The van der Waals surface area contributed by atoms with Crippen molar-refractivity contribution in [2.24, 2.45) is 11.7 Å². The summed E-state index contributed by atoms with van der Waals surface area (Å²) in [5.41, 5.74) is 6.36. The first-order chi connectivity index (χ1) is 18.3. The average molecular weight is 532 g/mol. The predicted octanol–water partition coefficient (Wildman–Crippen LogP) is 1.88. The number of hydrogen-bond donors (Lipinski definition) is 5. The molecule has 6 N–H and O–H groups in total. The maximum atomic E-state index is 12.6. The first-order valence-corrected chi connectivity index (χ1v) is 12.7. The molecule has 0 fully saturated rings. The second-order valence-corrected chi connectivity index (χ2v) is 8.53. The van der Waals surface area contributed by atoms with Gasteiger partial charge in [-0.1, -0.05) is 26.2 Å². The molecule has 2 aromatic rings. The molecule has 1 aromatic carbocycles. The summed E-state index contributed by atoms with van der Waals surface area (Å²) in [5.74, 6) is -1.05. The summed E-state index contributed by atoms with van der Waals surface area (Å²) in [7, 11) is 0. The molecule has 1 unspecified atom stereocenters. The maximum Gasteiger partial charge on any atom is 0.288 e. The lowest BCUT2D eigenvalue weighted by Gasteiger charge is -2.19. The van der Waals surface area contributed by atoms with Crippen molar-refractivity contribution in [1.29, 1.82) is 0 Å². The van der Waals surface area contributed by atoms with Crippen molar-refractivity contribution >= 4 is 24.1 Å². The highest BCUT2D eigenvalue weighted by atomic mass is 16.5. The molecule has 4 amide bonds. The van der Waals surface area contributed by atoms with Gasteiger partial charge in [-0.2, -0.15) is 0 Å². The molecule has 1 atom stereocenters. The van der Waals surface area contributed by atoms with Crippen LogP contribution < -0.4 is 26.4 Å². The van der Waals surface area contributed by atoms with Crippen molar-refractivity contribution in [3.63, 3.8) is 0 Å². The van der Waals surface area contributed by atoms with E-state index in [1.165, 1.54) is 6.07 Å². The van der Waals surface area contributed by atoms with Crippen LogP contribution in [0.4, 0.5) is 0 Å². The molecule has 12 heteroatoms. The van der Waals surface area contributed by atoms with Crippen molar-refractivity contribution in [2.75, 3.05) is 32.9 Å². The van der Waals surface area contributed by atoms with Gasteiger partial charge in [-0.3, -0.25) is 24.4 Å². The number of ether oxygens (including phenoxy) is 1. The van der Waals surface area contributed by atoms with Crippen LogP contribution in [0.5, 0.6) is 5.75 Å². The Balaban J connectivity index is 2.04. The van der Waals surface area contributed by atoms with Crippen LogP contribution in [0.1, 0.15) is 60.4 Å². The van der Waals surface area contributed by atoms with Gasteiger partial charge in [0.25, 0.3) is 11.8 Å². The van der Waals surface area contributed by atoms with Gasteiger partial charge in [0.1, 0.15) is 11.5 Å². The molecule has 1 heterocycles. The van der Waals surface area contributed by atoms with Crippen molar-refractivity contribution < 1.29 is 33.5 Å². The number of rotatable bonds is 17. The Kier molecular flexibility index (Phi) is 12.8. The van der Waals surface area contributed by atoms with E-state index in [0.29, 0.717) is 53.8 Å². The van der Waals surface area contributed by atoms with Gasteiger partial charge in [0.05, 0.1) is 25.7 Å². The van der Waals surface area contributed by atoms with Crippen molar-refractivity contribution in [3.05, 3.63) is 41.7 Å². The molecule has 0 spiro atoms. The number of benzene rings is 1.